The van der Waals surface area contributed by atoms with E-state index >= 15 is 0 Å². The van der Waals surface area contributed by atoms with Crippen LogP contribution in [0.15, 0.2) is 53.0 Å². The molecule has 4 rings (SSSR count). The Balaban J connectivity index is 1.76. The van der Waals surface area contributed by atoms with Crippen molar-refractivity contribution in [2.45, 2.75) is 25.0 Å². The normalized spacial score (nSPS) is 23.6. The predicted molar refractivity (Wildman–Crippen MR) is 97.1 cm³/mol. The molecule has 2 aliphatic heterocycles. The Bertz CT molecular complexity index is 745. The molecule has 1 amide bonds. The van der Waals surface area contributed by atoms with Crippen LogP contribution in [0.1, 0.15) is 24.6 Å². The summed E-state index contributed by atoms with van der Waals surface area (Å²) in [7, 11) is 1.65. The predicted octanol–water partition coefficient (Wildman–Crippen LogP) is 3.97. The van der Waals surface area contributed by atoms with E-state index in [0.29, 0.717) is 0 Å². The monoisotopic (exact) mass is 386 g/mol. The fourth-order valence-corrected chi connectivity index (χ4v) is 4.03. The van der Waals surface area contributed by atoms with Gasteiger partial charge in [-0.2, -0.15) is 0 Å². The summed E-state index contributed by atoms with van der Waals surface area (Å²) >= 11 is 3.49. The van der Waals surface area contributed by atoms with E-state index in [2.05, 4.69) is 33.0 Å². The third kappa shape index (κ3) is 2.52. The van der Waals surface area contributed by atoms with Crippen molar-refractivity contribution in [1.29, 1.82) is 0 Å². The summed E-state index contributed by atoms with van der Waals surface area (Å²) in [5.74, 6) is 0.997. The maximum Gasteiger partial charge on any atom is 0.246 e. The third-order valence-electron chi connectivity index (χ3n) is 4.89. The average Bonchev–Trinajstić information content (AvgIpc) is 3.18. The Morgan fingerprint density at radius 3 is 2.46 bits per heavy atom. The van der Waals surface area contributed by atoms with Crippen LogP contribution in [0.4, 0.5) is 5.69 Å². The second-order valence-corrected chi connectivity index (χ2v) is 7.14. The summed E-state index contributed by atoms with van der Waals surface area (Å²) in [4.78, 5) is 17.3. The molecule has 0 bridgehead atoms. The van der Waals surface area contributed by atoms with Gasteiger partial charge in [0.1, 0.15) is 11.9 Å². The summed E-state index contributed by atoms with van der Waals surface area (Å²) in [5.41, 5.74) is 2.06. The molecule has 2 aromatic carbocycles. The highest BCUT2D eigenvalue weighted by Gasteiger charge is 2.49. The maximum absolute atomic E-state index is 13.0. The van der Waals surface area contributed by atoms with Gasteiger partial charge in [-0.25, -0.2) is 0 Å². The molecule has 2 aliphatic rings. The summed E-state index contributed by atoms with van der Waals surface area (Å²) in [6, 6.07) is 16.0. The number of nitrogens with zero attached hydrogens (tertiary/aromatic N) is 2. The number of ether oxygens (including phenoxy) is 1. The van der Waals surface area contributed by atoms with Crippen molar-refractivity contribution < 1.29 is 9.53 Å². The Morgan fingerprint density at radius 1 is 1.08 bits per heavy atom. The van der Waals surface area contributed by atoms with Crippen molar-refractivity contribution in [2.75, 3.05) is 18.6 Å². The number of halogens is 1. The number of hydrogen-bond donors (Lipinski definition) is 0. The van der Waals surface area contributed by atoms with E-state index < -0.39 is 0 Å². The van der Waals surface area contributed by atoms with E-state index in [1.165, 1.54) is 0 Å². The molecule has 24 heavy (non-hydrogen) atoms. The van der Waals surface area contributed by atoms with Gasteiger partial charge in [0.15, 0.2) is 0 Å². The molecular weight excluding hydrogens is 368 g/mol. The van der Waals surface area contributed by atoms with Gasteiger partial charge in [0.05, 0.1) is 13.2 Å². The lowest BCUT2D eigenvalue weighted by Crippen LogP contribution is -2.32. The van der Waals surface area contributed by atoms with E-state index in [-0.39, 0.29) is 18.1 Å². The van der Waals surface area contributed by atoms with Gasteiger partial charge in [-0.1, -0.05) is 28.1 Å². The van der Waals surface area contributed by atoms with E-state index in [9.17, 15) is 4.79 Å². The molecule has 0 radical (unpaired) electrons. The first-order valence-corrected chi connectivity index (χ1v) is 8.96. The molecule has 2 atom stereocenters. The van der Waals surface area contributed by atoms with Crippen LogP contribution in [0.3, 0.4) is 0 Å². The fourth-order valence-electron chi connectivity index (χ4n) is 3.76. The minimum Gasteiger partial charge on any atom is -0.497 e. The van der Waals surface area contributed by atoms with Crippen LogP contribution in [0.25, 0.3) is 0 Å². The second kappa shape index (κ2) is 6.22. The zero-order valence-electron chi connectivity index (χ0n) is 13.5. The van der Waals surface area contributed by atoms with E-state index in [1.807, 2.05) is 41.3 Å². The smallest absolute Gasteiger partial charge is 0.246 e. The van der Waals surface area contributed by atoms with Gasteiger partial charge >= 0.3 is 0 Å². The van der Waals surface area contributed by atoms with Crippen LogP contribution >= 0.6 is 15.9 Å². The van der Waals surface area contributed by atoms with Crippen LogP contribution in [-0.4, -0.2) is 30.5 Å². The molecule has 0 spiro atoms. The lowest BCUT2D eigenvalue weighted by atomic mass is 10.1. The first-order valence-electron chi connectivity index (χ1n) is 8.17. The first kappa shape index (κ1) is 15.7. The standard InChI is InChI=1S/C19H19BrN2O2/c1-24-16-10-8-15(9-11-16)22-18(13-4-6-14(20)7-5-13)21-12-2-3-17(21)19(22)23/h4-11,17-18H,2-3,12H2,1H3. The van der Waals surface area contributed by atoms with E-state index in [4.69, 9.17) is 4.74 Å². The Hall–Kier alpha value is -1.85. The number of carbonyl (C=O) groups is 1. The van der Waals surface area contributed by atoms with Gasteiger partial charge in [0.2, 0.25) is 5.91 Å². The maximum atomic E-state index is 13.0. The summed E-state index contributed by atoms with van der Waals surface area (Å²) < 4.78 is 6.28. The SMILES string of the molecule is COc1ccc(N2C(=O)C3CCCN3C2c2ccc(Br)cc2)cc1. The van der Waals surface area contributed by atoms with Gasteiger partial charge in [-0.05, 0) is 54.8 Å². The average molecular weight is 387 g/mol. The Kier molecular flexibility index (Phi) is 4.06. The third-order valence-corrected chi connectivity index (χ3v) is 5.42. The molecule has 2 aromatic rings. The van der Waals surface area contributed by atoms with Crippen LogP contribution in [0, 0.1) is 0 Å². The number of anilines is 1. The van der Waals surface area contributed by atoms with Crippen molar-refractivity contribution in [3.63, 3.8) is 0 Å². The molecule has 124 valence electrons. The zero-order chi connectivity index (χ0) is 16.7. The number of benzene rings is 2. The minimum absolute atomic E-state index is 0.000693. The van der Waals surface area contributed by atoms with Crippen molar-refractivity contribution >= 4 is 27.5 Å². The van der Waals surface area contributed by atoms with Crippen LogP contribution in [-0.2, 0) is 4.79 Å². The second-order valence-electron chi connectivity index (χ2n) is 6.23. The van der Waals surface area contributed by atoms with Gasteiger partial charge in [-0.15, -0.1) is 0 Å². The van der Waals surface area contributed by atoms with Crippen molar-refractivity contribution in [1.82, 2.24) is 4.90 Å². The molecule has 2 saturated heterocycles. The van der Waals surface area contributed by atoms with E-state index in [0.717, 1.165) is 40.9 Å². The molecule has 4 nitrogen and oxygen atoms in total. The highest BCUT2D eigenvalue weighted by atomic mass is 79.9. The molecule has 0 saturated carbocycles. The van der Waals surface area contributed by atoms with Crippen molar-refractivity contribution in [2.24, 2.45) is 0 Å². The number of amides is 1. The number of hydrogen-bond acceptors (Lipinski definition) is 3. The van der Waals surface area contributed by atoms with E-state index in [1.54, 1.807) is 7.11 Å². The van der Waals surface area contributed by atoms with Gasteiger partial charge in [0, 0.05) is 16.7 Å². The summed E-state index contributed by atoms with van der Waals surface area (Å²) in [6.45, 7) is 0.962. The minimum atomic E-state index is -0.0357. The van der Waals surface area contributed by atoms with Crippen LogP contribution < -0.4 is 9.64 Å². The van der Waals surface area contributed by atoms with Crippen molar-refractivity contribution in [3.05, 3.63) is 58.6 Å². The molecule has 2 fully saturated rings. The highest BCUT2D eigenvalue weighted by Crippen LogP contribution is 2.42. The van der Waals surface area contributed by atoms with Gasteiger partial charge < -0.3 is 4.74 Å². The zero-order valence-corrected chi connectivity index (χ0v) is 15.1. The number of carbonyl (C=O) groups excluding carboxylic acids is 1. The van der Waals surface area contributed by atoms with Gasteiger partial charge in [-0.3, -0.25) is 14.6 Å². The molecule has 2 heterocycles. The number of rotatable bonds is 3. The highest BCUT2D eigenvalue weighted by molar-refractivity contribution is 9.10. The fraction of sp³-hybridized carbons (Fsp3) is 0.316. The number of fused-ring (bicyclic) bond motifs is 1. The number of methoxy groups -OCH3 is 1. The van der Waals surface area contributed by atoms with Gasteiger partial charge in [0.25, 0.3) is 0 Å². The lowest BCUT2D eigenvalue weighted by Gasteiger charge is -2.30. The molecule has 5 heteroatoms. The Labute approximate surface area is 150 Å². The molecule has 2 unspecified atom stereocenters. The van der Waals surface area contributed by atoms with Crippen LogP contribution in [0.5, 0.6) is 5.75 Å². The summed E-state index contributed by atoms with van der Waals surface area (Å²) in [6.07, 6.45) is 1.99. The first-order chi connectivity index (χ1) is 11.7. The molecule has 0 N–H and O–H groups in total. The molecular formula is C19H19BrN2O2. The molecule has 0 aliphatic carbocycles. The Morgan fingerprint density at radius 2 is 1.79 bits per heavy atom. The van der Waals surface area contributed by atoms with Crippen molar-refractivity contribution in [3.8, 4) is 5.75 Å². The quantitative estimate of drug-likeness (QED) is 0.799. The topological polar surface area (TPSA) is 32.8 Å². The summed E-state index contributed by atoms with van der Waals surface area (Å²) in [5, 5.41) is 0. The lowest BCUT2D eigenvalue weighted by molar-refractivity contribution is -0.119. The van der Waals surface area contributed by atoms with Crippen LogP contribution in [0.2, 0.25) is 0 Å². The molecule has 0 aromatic heterocycles. The largest absolute Gasteiger partial charge is 0.497 e.